The molecule has 130 valence electrons. The van der Waals surface area contributed by atoms with E-state index in [0.717, 1.165) is 16.9 Å². The van der Waals surface area contributed by atoms with Gasteiger partial charge in [-0.1, -0.05) is 17.7 Å². The van der Waals surface area contributed by atoms with Gasteiger partial charge in [0.15, 0.2) is 9.84 Å². The highest BCUT2D eigenvalue weighted by atomic mass is 32.2. The summed E-state index contributed by atoms with van der Waals surface area (Å²) in [5, 5.41) is 9.34. The smallest absolute Gasteiger partial charge is 0.346 e. The average Bonchev–Trinajstić information content (AvgIpc) is 2.84. The van der Waals surface area contributed by atoms with Crippen LogP contribution in [-0.4, -0.2) is 29.5 Å². The molecular formula is C16H14N2O5S2. The Morgan fingerprint density at radius 3 is 2.48 bits per heavy atom. The van der Waals surface area contributed by atoms with Crippen molar-refractivity contribution in [3.05, 3.63) is 56.4 Å². The number of aryl methyl sites for hydroxylation is 2. The van der Waals surface area contributed by atoms with Crippen molar-refractivity contribution in [2.45, 2.75) is 24.5 Å². The van der Waals surface area contributed by atoms with E-state index in [4.69, 9.17) is 5.11 Å². The molecule has 0 aliphatic rings. The van der Waals surface area contributed by atoms with Crippen molar-refractivity contribution >= 4 is 37.4 Å². The number of H-pyrrole nitrogens is 1. The lowest BCUT2D eigenvalue weighted by molar-refractivity contribution is 0.0701. The Balaban J connectivity index is 2.06. The number of fused-ring (bicyclic) bond motifs is 1. The predicted octanol–water partition coefficient (Wildman–Crippen LogP) is 2.27. The summed E-state index contributed by atoms with van der Waals surface area (Å²) in [7, 11) is -3.68. The summed E-state index contributed by atoms with van der Waals surface area (Å²) in [4.78, 5) is 30.4. The predicted molar refractivity (Wildman–Crippen MR) is 94.0 cm³/mol. The Morgan fingerprint density at radius 1 is 1.24 bits per heavy atom. The number of sulfone groups is 1. The topological polar surface area (TPSA) is 117 Å². The lowest BCUT2D eigenvalue weighted by Gasteiger charge is -2.05. The minimum atomic E-state index is -3.68. The first kappa shape index (κ1) is 17.3. The first-order valence-electron chi connectivity index (χ1n) is 7.24. The monoisotopic (exact) mass is 378 g/mol. The number of aromatic amines is 1. The summed E-state index contributed by atoms with van der Waals surface area (Å²) in [5.74, 6) is -1.63. The van der Waals surface area contributed by atoms with Crippen LogP contribution in [0.25, 0.3) is 10.2 Å². The molecule has 0 fully saturated rings. The number of carboxylic acids is 1. The SMILES string of the molecule is Cc1ccc(S(=O)(=O)Cc2nc3sc(C(=O)O)c(C)c3c(=O)[nH]2)cc1. The lowest BCUT2D eigenvalue weighted by atomic mass is 10.2. The van der Waals surface area contributed by atoms with E-state index in [2.05, 4.69) is 9.97 Å². The zero-order valence-electron chi connectivity index (χ0n) is 13.4. The number of aromatic nitrogens is 2. The van der Waals surface area contributed by atoms with Crippen LogP contribution < -0.4 is 5.56 Å². The van der Waals surface area contributed by atoms with Crippen molar-refractivity contribution in [3.63, 3.8) is 0 Å². The Morgan fingerprint density at radius 2 is 1.88 bits per heavy atom. The van der Waals surface area contributed by atoms with Crippen LogP contribution in [0.2, 0.25) is 0 Å². The Labute approximate surface area is 146 Å². The minimum absolute atomic E-state index is 0.0173. The largest absolute Gasteiger partial charge is 0.477 e. The summed E-state index contributed by atoms with van der Waals surface area (Å²) in [6.45, 7) is 3.38. The fourth-order valence-electron chi connectivity index (χ4n) is 2.47. The molecule has 0 aliphatic heterocycles. The normalized spacial score (nSPS) is 11.8. The van der Waals surface area contributed by atoms with Gasteiger partial charge in [-0.3, -0.25) is 4.79 Å². The van der Waals surface area contributed by atoms with Gasteiger partial charge in [-0.25, -0.2) is 18.2 Å². The van der Waals surface area contributed by atoms with Crippen LogP contribution in [-0.2, 0) is 15.6 Å². The molecule has 2 heterocycles. The van der Waals surface area contributed by atoms with Crippen molar-refractivity contribution in [2.24, 2.45) is 0 Å². The molecular weight excluding hydrogens is 364 g/mol. The molecule has 1 aromatic carbocycles. The summed E-state index contributed by atoms with van der Waals surface area (Å²) in [6.07, 6.45) is 0. The number of thiophene rings is 1. The number of rotatable bonds is 4. The Hall–Kier alpha value is -2.52. The van der Waals surface area contributed by atoms with Crippen LogP contribution in [0.4, 0.5) is 0 Å². The van der Waals surface area contributed by atoms with Crippen LogP contribution in [0.5, 0.6) is 0 Å². The number of benzene rings is 1. The van der Waals surface area contributed by atoms with Gasteiger partial charge in [0, 0.05) is 0 Å². The molecule has 3 aromatic rings. The Bertz CT molecular complexity index is 1140. The second-order valence-electron chi connectivity index (χ2n) is 5.63. The number of carboxylic acid groups (broad SMARTS) is 1. The molecule has 7 nitrogen and oxygen atoms in total. The zero-order chi connectivity index (χ0) is 18.4. The molecule has 0 bridgehead atoms. The quantitative estimate of drug-likeness (QED) is 0.719. The Kier molecular flexibility index (Phi) is 4.21. The van der Waals surface area contributed by atoms with Gasteiger partial charge in [0.05, 0.1) is 10.3 Å². The van der Waals surface area contributed by atoms with Gasteiger partial charge < -0.3 is 10.1 Å². The maximum atomic E-state index is 12.5. The maximum Gasteiger partial charge on any atom is 0.346 e. The van der Waals surface area contributed by atoms with Crippen molar-refractivity contribution in [1.82, 2.24) is 9.97 Å². The van der Waals surface area contributed by atoms with Gasteiger partial charge >= 0.3 is 5.97 Å². The van der Waals surface area contributed by atoms with E-state index in [9.17, 15) is 18.0 Å². The molecule has 0 atom stereocenters. The number of carbonyl (C=O) groups is 1. The van der Waals surface area contributed by atoms with Gasteiger partial charge in [0.1, 0.15) is 21.3 Å². The highest BCUT2D eigenvalue weighted by Crippen LogP contribution is 2.27. The molecule has 9 heteroatoms. The highest BCUT2D eigenvalue weighted by molar-refractivity contribution is 7.90. The minimum Gasteiger partial charge on any atom is -0.477 e. The second-order valence-corrected chi connectivity index (χ2v) is 8.61. The third-order valence-corrected chi connectivity index (χ3v) is 6.57. The molecule has 0 aliphatic carbocycles. The first-order chi connectivity index (χ1) is 11.7. The van der Waals surface area contributed by atoms with Gasteiger partial charge in [0.25, 0.3) is 5.56 Å². The molecule has 0 spiro atoms. The van der Waals surface area contributed by atoms with Gasteiger partial charge in [-0.2, -0.15) is 0 Å². The van der Waals surface area contributed by atoms with Crippen molar-refractivity contribution < 1.29 is 18.3 Å². The summed E-state index contributed by atoms with van der Waals surface area (Å²) in [5.41, 5.74) is 0.719. The van der Waals surface area contributed by atoms with Gasteiger partial charge in [0.2, 0.25) is 0 Å². The third-order valence-electron chi connectivity index (χ3n) is 3.75. The number of aromatic carboxylic acids is 1. The maximum absolute atomic E-state index is 12.5. The standard InChI is InChI=1S/C16H14N2O5S2/c1-8-3-5-10(6-4-8)25(22,23)7-11-17-14(19)12-9(2)13(16(20)21)24-15(12)18-11/h3-6H,7H2,1-2H3,(H,20,21)(H,17,18,19). The van der Waals surface area contributed by atoms with E-state index in [1.54, 1.807) is 12.1 Å². The van der Waals surface area contributed by atoms with Crippen molar-refractivity contribution in [1.29, 1.82) is 0 Å². The van der Waals surface area contributed by atoms with Crippen molar-refractivity contribution in [2.75, 3.05) is 0 Å². The highest BCUT2D eigenvalue weighted by Gasteiger charge is 2.21. The molecule has 2 N–H and O–H groups in total. The van der Waals surface area contributed by atoms with Crippen LogP contribution in [0.1, 0.15) is 26.6 Å². The number of hydrogen-bond donors (Lipinski definition) is 2. The van der Waals surface area contributed by atoms with E-state index in [1.165, 1.54) is 19.1 Å². The fourth-order valence-corrected chi connectivity index (χ4v) is 4.72. The second kappa shape index (κ2) is 6.08. The molecule has 0 saturated heterocycles. The van der Waals surface area contributed by atoms with E-state index >= 15 is 0 Å². The molecule has 25 heavy (non-hydrogen) atoms. The van der Waals surface area contributed by atoms with Crippen LogP contribution in [0.15, 0.2) is 34.0 Å². The number of nitrogens with one attached hydrogen (secondary N) is 1. The summed E-state index contributed by atoms with van der Waals surface area (Å²) in [6, 6.07) is 6.38. The van der Waals surface area contributed by atoms with E-state index < -0.39 is 27.1 Å². The first-order valence-corrected chi connectivity index (χ1v) is 9.71. The van der Waals surface area contributed by atoms with Crippen molar-refractivity contribution in [3.8, 4) is 0 Å². The third kappa shape index (κ3) is 3.20. The van der Waals surface area contributed by atoms with Gasteiger partial charge in [-0.15, -0.1) is 11.3 Å². The molecule has 0 saturated carbocycles. The van der Waals surface area contributed by atoms with Crippen LogP contribution in [0, 0.1) is 13.8 Å². The summed E-state index contributed by atoms with van der Waals surface area (Å²) >= 11 is 0.859. The molecule has 0 unspecified atom stereocenters. The van der Waals surface area contributed by atoms with Crippen LogP contribution >= 0.6 is 11.3 Å². The molecule has 0 radical (unpaired) electrons. The van der Waals surface area contributed by atoms with E-state index in [1.807, 2.05) is 6.92 Å². The van der Waals surface area contributed by atoms with Crippen LogP contribution in [0.3, 0.4) is 0 Å². The van der Waals surface area contributed by atoms with E-state index in [0.29, 0.717) is 5.56 Å². The molecule has 3 rings (SSSR count). The molecule has 2 aromatic heterocycles. The fraction of sp³-hybridized carbons (Fsp3) is 0.188. The number of nitrogens with zero attached hydrogens (tertiary/aromatic N) is 1. The average molecular weight is 378 g/mol. The van der Waals surface area contributed by atoms with Gasteiger partial charge in [-0.05, 0) is 31.5 Å². The molecule has 0 amide bonds. The van der Waals surface area contributed by atoms with E-state index in [-0.39, 0.29) is 25.8 Å². The summed E-state index contributed by atoms with van der Waals surface area (Å²) < 4.78 is 25.0. The zero-order valence-corrected chi connectivity index (χ0v) is 15.0. The number of hydrogen-bond acceptors (Lipinski definition) is 6. The lowest BCUT2D eigenvalue weighted by Crippen LogP contribution is -2.15.